The predicted molar refractivity (Wildman–Crippen MR) is 78.9 cm³/mol. The molecule has 0 radical (unpaired) electrons. The Morgan fingerprint density at radius 3 is 2.76 bits per heavy atom. The van der Waals surface area contributed by atoms with E-state index in [1.807, 2.05) is 0 Å². The van der Waals surface area contributed by atoms with Gasteiger partial charge in [-0.25, -0.2) is 13.4 Å². The third-order valence-corrected chi connectivity index (χ3v) is 6.00. The minimum absolute atomic E-state index is 0.0134. The minimum atomic E-state index is -3.71. The Kier molecular flexibility index (Phi) is 4.57. The fourth-order valence-electron chi connectivity index (χ4n) is 1.62. The topological polar surface area (TPSA) is 93.4 Å². The van der Waals surface area contributed by atoms with E-state index >= 15 is 0 Å². The number of halogens is 1. The Hall–Kier alpha value is -1.55. The molecule has 112 valence electrons. The van der Waals surface area contributed by atoms with Crippen molar-refractivity contribution in [3.05, 3.63) is 50.6 Å². The molecule has 1 aromatic carbocycles. The zero-order chi connectivity index (χ0) is 15.6. The van der Waals surface area contributed by atoms with Crippen molar-refractivity contribution in [1.29, 1.82) is 0 Å². The van der Waals surface area contributed by atoms with Gasteiger partial charge in [-0.3, -0.25) is 10.1 Å². The number of hydrogen-bond acceptors (Lipinski definition) is 6. The summed E-state index contributed by atoms with van der Waals surface area (Å²) in [5.41, 5.74) is 0.435. The van der Waals surface area contributed by atoms with E-state index < -0.39 is 14.9 Å². The summed E-state index contributed by atoms with van der Waals surface area (Å²) in [5, 5.41) is 10.7. The first kappa shape index (κ1) is 15.8. The lowest BCUT2D eigenvalue weighted by atomic mass is 10.2. The van der Waals surface area contributed by atoms with Gasteiger partial charge in [0, 0.05) is 25.7 Å². The Morgan fingerprint density at radius 1 is 1.48 bits per heavy atom. The maximum absolute atomic E-state index is 12.3. The van der Waals surface area contributed by atoms with Crippen LogP contribution in [-0.2, 0) is 16.6 Å². The molecule has 0 amide bonds. The van der Waals surface area contributed by atoms with Gasteiger partial charge in [0.15, 0.2) is 8.68 Å². The van der Waals surface area contributed by atoms with Crippen LogP contribution in [0.2, 0.25) is 4.47 Å². The number of hydrogen-bond donors (Lipinski definition) is 0. The molecule has 0 saturated carbocycles. The molecule has 1 aromatic heterocycles. The number of nitrogens with zero attached hydrogens (tertiary/aromatic N) is 3. The molecule has 0 fully saturated rings. The van der Waals surface area contributed by atoms with E-state index in [0.717, 1.165) is 15.6 Å². The zero-order valence-corrected chi connectivity index (χ0v) is 13.2. The molecule has 7 nitrogen and oxygen atoms in total. The van der Waals surface area contributed by atoms with E-state index in [2.05, 4.69) is 4.98 Å². The number of benzene rings is 1. The molecule has 0 aliphatic rings. The van der Waals surface area contributed by atoms with Crippen LogP contribution < -0.4 is 0 Å². The second kappa shape index (κ2) is 6.06. The number of nitro groups is 1. The number of sulfonamides is 1. The molecule has 2 rings (SSSR count). The highest BCUT2D eigenvalue weighted by atomic mass is 35.5. The number of non-ortho nitro benzene ring substituents is 1. The van der Waals surface area contributed by atoms with Gasteiger partial charge in [0.2, 0.25) is 0 Å². The summed E-state index contributed by atoms with van der Waals surface area (Å²) in [7, 11) is -2.32. The molecule has 0 spiro atoms. The van der Waals surface area contributed by atoms with Crippen LogP contribution in [0.25, 0.3) is 0 Å². The van der Waals surface area contributed by atoms with Gasteiger partial charge < -0.3 is 0 Å². The Morgan fingerprint density at radius 2 is 2.19 bits per heavy atom. The smallest absolute Gasteiger partial charge is 0.258 e. The second-order valence-corrected chi connectivity index (χ2v) is 8.00. The third kappa shape index (κ3) is 3.56. The van der Waals surface area contributed by atoms with Gasteiger partial charge in [-0.15, -0.1) is 0 Å². The van der Waals surface area contributed by atoms with Crippen molar-refractivity contribution in [2.24, 2.45) is 0 Å². The molecular formula is C11H10ClN3O4S2. The number of nitro benzene ring substituents is 1. The molecular weight excluding hydrogens is 338 g/mol. The molecule has 0 aliphatic carbocycles. The monoisotopic (exact) mass is 347 g/mol. The van der Waals surface area contributed by atoms with Gasteiger partial charge in [0.1, 0.15) is 0 Å². The van der Waals surface area contributed by atoms with Crippen molar-refractivity contribution in [2.45, 2.75) is 10.8 Å². The maximum Gasteiger partial charge on any atom is 0.269 e. The van der Waals surface area contributed by atoms with E-state index in [1.54, 1.807) is 6.07 Å². The summed E-state index contributed by atoms with van der Waals surface area (Å²) in [6.07, 6.45) is 1.19. The Bertz CT molecular complexity index is 775. The summed E-state index contributed by atoms with van der Waals surface area (Å²) >= 11 is 6.49. The first-order valence-electron chi connectivity index (χ1n) is 5.61. The highest BCUT2D eigenvalue weighted by molar-refractivity contribution is 7.91. The van der Waals surface area contributed by atoms with Gasteiger partial charge in [-0.05, 0) is 5.56 Å². The number of rotatable bonds is 5. The van der Waals surface area contributed by atoms with Gasteiger partial charge in [0.05, 0.1) is 11.1 Å². The first-order chi connectivity index (χ1) is 9.80. The van der Waals surface area contributed by atoms with Crippen molar-refractivity contribution in [1.82, 2.24) is 9.29 Å². The molecule has 0 unspecified atom stereocenters. The summed E-state index contributed by atoms with van der Waals surface area (Å²) < 4.78 is 25.8. The van der Waals surface area contributed by atoms with E-state index in [0.29, 0.717) is 5.56 Å². The third-order valence-electron chi connectivity index (χ3n) is 2.65. The number of aromatic nitrogens is 1. The normalized spacial score (nSPS) is 11.8. The summed E-state index contributed by atoms with van der Waals surface area (Å²) in [6.45, 7) is 0.0134. The van der Waals surface area contributed by atoms with Crippen LogP contribution in [0.15, 0.2) is 34.7 Å². The number of thiazole rings is 1. The van der Waals surface area contributed by atoms with Crippen LogP contribution in [0.4, 0.5) is 5.69 Å². The van der Waals surface area contributed by atoms with E-state index in [4.69, 9.17) is 11.6 Å². The van der Waals surface area contributed by atoms with E-state index in [-0.39, 0.29) is 20.9 Å². The highest BCUT2D eigenvalue weighted by Crippen LogP contribution is 2.26. The quantitative estimate of drug-likeness (QED) is 0.612. The average molecular weight is 348 g/mol. The molecule has 10 heteroatoms. The largest absolute Gasteiger partial charge is 0.269 e. The van der Waals surface area contributed by atoms with Gasteiger partial charge in [-0.2, -0.15) is 4.31 Å². The zero-order valence-electron chi connectivity index (χ0n) is 10.8. The lowest BCUT2D eigenvalue weighted by molar-refractivity contribution is -0.384. The van der Waals surface area contributed by atoms with E-state index in [9.17, 15) is 18.5 Å². The molecule has 21 heavy (non-hydrogen) atoms. The Balaban J connectivity index is 2.23. The Labute approximate surface area is 130 Å². The standard InChI is InChI=1S/C11H10ClN3O4S2/c1-14(21(18,19)10-6-13-11(12)20-10)7-8-3-2-4-9(5-8)15(16)17/h2-6H,7H2,1H3. The molecule has 0 bridgehead atoms. The van der Waals surface area contributed by atoms with Crippen molar-refractivity contribution in [3.8, 4) is 0 Å². The van der Waals surface area contributed by atoms with Gasteiger partial charge >= 0.3 is 0 Å². The average Bonchev–Trinajstić information content (AvgIpc) is 2.86. The molecule has 2 aromatic rings. The summed E-state index contributed by atoms with van der Waals surface area (Å²) in [5.74, 6) is 0. The highest BCUT2D eigenvalue weighted by Gasteiger charge is 2.24. The lowest BCUT2D eigenvalue weighted by Crippen LogP contribution is -2.25. The van der Waals surface area contributed by atoms with Crippen molar-refractivity contribution < 1.29 is 13.3 Å². The van der Waals surface area contributed by atoms with Crippen molar-refractivity contribution in [2.75, 3.05) is 7.05 Å². The fourth-order valence-corrected chi connectivity index (χ4v) is 4.29. The lowest BCUT2D eigenvalue weighted by Gasteiger charge is -2.15. The predicted octanol–water partition coefficient (Wildman–Crippen LogP) is 2.53. The van der Waals surface area contributed by atoms with Crippen LogP contribution in [0, 0.1) is 10.1 Å². The van der Waals surface area contributed by atoms with Gasteiger partial charge in [0.25, 0.3) is 15.7 Å². The first-order valence-corrected chi connectivity index (χ1v) is 8.25. The van der Waals surface area contributed by atoms with Crippen molar-refractivity contribution in [3.63, 3.8) is 0 Å². The summed E-state index contributed by atoms with van der Waals surface area (Å²) in [4.78, 5) is 13.9. The molecule has 0 saturated heterocycles. The summed E-state index contributed by atoms with van der Waals surface area (Å²) in [6, 6.07) is 5.82. The maximum atomic E-state index is 12.3. The van der Waals surface area contributed by atoms with Gasteiger partial charge in [-0.1, -0.05) is 35.1 Å². The minimum Gasteiger partial charge on any atom is -0.258 e. The molecule has 0 aliphatic heterocycles. The SMILES string of the molecule is CN(Cc1cccc([N+](=O)[O-])c1)S(=O)(=O)c1cnc(Cl)s1. The molecule has 0 atom stereocenters. The van der Waals surface area contributed by atoms with E-state index in [1.165, 1.54) is 31.4 Å². The second-order valence-electron chi connectivity index (χ2n) is 4.12. The van der Waals surface area contributed by atoms with Crippen LogP contribution in [0.5, 0.6) is 0 Å². The molecule has 1 heterocycles. The fraction of sp³-hybridized carbons (Fsp3) is 0.182. The van der Waals surface area contributed by atoms with Crippen LogP contribution in [0.1, 0.15) is 5.56 Å². The van der Waals surface area contributed by atoms with Crippen LogP contribution in [-0.4, -0.2) is 29.7 Å². The van der Waals surface area contributed by atoms with Crippen molar-refractivity contribution >= 4 is 38.6 Å². The van der Waals surface area contributed by atoms with Crippen LogP contribution in [0.3, 0.4) is 0 Å². The molecule has 0 N–H and O–H groups in total. The van der Waals surface area contributed by atoms with Crippen LogP contribution >= 0.6 is 22.9 Å².